The fourth-order valence-electron chi connectivity index (χ4n) is 1.70. The van der Waals surface area contributed by atoms with Gasteiger partial charge in [-0.25, -0.2) is 0 Å². The Kier molecular flexibility index (Phi) is 12.3. The van der Waals surface area contributed by atoms with Gasteiger partial charge in [-0.3, -0.25) is 9.59 Å². The van der Waals surface area contributed by atoms with Crippen LogP contribution in [-0.4, -0.2) is 24.7 Å². The van der Waals surface area contributed by atoms with Crippen LogP contribution in [0.25, 0.3) is 0 Å². The Balaban J connectivity index is 0.000000443. The Morgan fingerprint density at radius 1 is 0.720 bits per heavy atom. The molecule has 0 heterocycles. The number of nitrogens with one attached hydrogen (secondary N) is 2. The average molecular weight is 386 g/mol. The monoisotopic (exact) mass is 385 g/mol. The van der Waals surface area contributed by atoms with Gasteiger partial charge in [-0.15, -0.1) is 13.2 Å². The molecule has 4 nitrogen and oxygen atoms in total. The van der Waals surface area contributed by atoms with E-state index >= 15 is 0 Å². The summed E-state index contributed by atoms with van der Waals surface area (Å²) in [6.07, 6.45) is 20.6. The second kappa shape index (κ2) is 13.8. The summed E-state index contributed by atoms with van der Waals surface area (Å²) in [4.78, 5) is 22.2. The number of hydrogen-bond acceptors (Lipinski definition) is 4. The maximum atomic E-state index is 11.1. The first-order chi connectivity index (χ1) is 11.7. The molecular formula is C20H22CuN2O2. The number of carbonyl (C=O) groups is 2. The molecule has 2 aliphatic rings. The van der Waals surface area contributed by atoms with E-state index in [-0.39, 0.29) is 28.6 Å². The average Bonchev–Trinajstić information content (AvgIpc) is 2.59. The second-order valence-corrected chi connectivity index (χ2v) is 4.76. The molecule has 0 fully saturated rings. The van der Waals surface area contributed by atoms with Gasteiger partial charge < -0.3 is 10.6 Å². The van der Waals surface area contributed by atoms with Crippen LogP contribution in [0.3, 0.4) is 0 Å². The van der Waals surface area contributed by atoms with Crippen molar-refractivity contribution in [2.75, 3.05) is 13.1 Å². The summed E-state index contributed by atoms with van der Waals surface area (Å²) in [5.74, 6) is 0.0723. The van der Waals surface area contributed by atoms with Crippen LogP contribution in [0.2, 0.25) is 0 Å². The fourth-order valence-corrected chi connectivity index (χ4v) is 1.70. The molecule has 25 heavy (non-hydrogen) atoms. The summed E-state index contributed by atoms with van der Waals surface area (Å²) in [5, 5.41) is 5.90. The molecule has 0 saturated heterocycles. The Hall–Kier alpha value is -2.62. The van der Waals surface area contributed by atoms with Gasteiger partial charge in [-0.05, 0) is 24.3 Å². The first kappa shape index (κ1) is 22.4. The Morgan fingerprint density at radius 2 is 1.08 bits per heavy atom. The maximum Gasteiger partial charge on any atom is 0.187 e. The zero-order valence-corrected chi connectivity index (χ0v) is 14.8. The first-order valence-electron chi connectivity index (χ1n) is 7.56. The number of ketones is 2. The predicted molar refractivity (Wildman–Crippen MR) is 99.1 cm³/mol. The number of hydrogen-bond donors (Lipinski definition) is 2. The van der Waals surface area contributed by atoms with Crippen molar-refractivity contribution in [3.63, 3.8) is 0 Å². The van der Waals surface area contributed by atoms with E-state index in [0.29, 0.717) is 24.2 Å². The quantitative estimate of drug-likeness (QED) is 0.319. The van der Waals surface area contributed by atoms with Crippen LogP contribution in [0.1, 0.15) is 0 Å². The van der Waals surface area contributed by atoms with Crippen molar-refractivity contribution in [3.8, 4) is 0 Å². The van der Waals surface area contributed by atoms with Crippen LogP contribution in [0.5, 0.6) is 0 Å². The van der Waals surface area contributed by atoms with Crippen molar-refractivity contribution < 1.29 is 26.7 Å². The molecule has 0 amide bonds. The van der Waals surface area contributed by atoms with Gasteiger partial charge in [0.1, 0.15) is 0 Å². The Morgan fingerprint density at radius 3 is 1.40 bits per heavy atom. The summed E-state index contributed by atoms with van der Waals surface area (Å²) >= 11 is 0. The third kappa shape index (κ3) is 9.30. The van der Waals surface area contributed by atoms with E-state index in [2.05, 4.69) is 23.8 Å². The molecule has 0 saturated carbocycles. The molecular weight excluding hydrogens is 364 g/mol. The molecule has 2 N–H and O–H groups in total. The molecule has 0 aliphatic heterocycles. The van der Waals surface area contributed by atoms with E-state index in [0.717, 1.165) is 0 Å². The molecule has 0 bridgehead atoms. The smallest absolute Gasteiger partial charge is 0.187 e. The fraction of sp³-hybridized carbons (Fsp3) is 0.100. The standard InChI is InChI=1S/2C10H11NO.Cu/c2*1-2-7-11-8-9-5-3-4-6-10(9)12;/h2*2-6,8,11H,1,7H2;. The molecule has 0 atom stereocenters. The Labute approximate surface area is 159 Å². The third-order valence-corrected chi connectivity index (χ3v) is 2.88. The van der Waals surface area contributed by atoms with Crippen molar-refractivity contribution in [2.45, 2.75) is 0 Å². The normalized spacial score (nSPS) is 17.6. The number of carbonyl (C=O) groups excluding carboxylic acids is 2. The van der Waals surface area contributed by atoms with Crippen LogP contribution >= 0.6 is 0 Å². The van der Waals surface area contributed by atoms with Gasteiger partial charge in [0.05, 0.1) is 0 Å². The molecule has 0 aromatic carbocycles. The van der Waals surface area contributed by atoms with E-state index in [9.17, 15) is 9.59 Å². The molecule has 0 unspecified atom stereocenters. The van der Waals surface area contributed by atoms with Crippen LogP contribution in [-0.2, 0) is 26.7 Å². The minimum atomic E-state index is 0. The van der Waals surface area contributed by atoms with E-state index in [1.807, 2.05) is 12.2 Å². The molecule has 135 valence electrons. The van der Waals surface area contributed by atoms with Gasteiger partial charge in [0.25, 0.3) is 0 Å². The summed E-state index contributed by atoms with van der Waals surface area (Å²) < 4.78 is 0. The molecule has 1 radical (unpaired) electrons. The van der Waals surface area contributed by atoms with E-state index in [1.165, 1.54) is 0 Å². The van der Waals surface area contributed by atoms with E-state index in [4.69, 9.17) is 0 Å². The Bertz CT molecular complexity index is 607. The van der Waals surface area contributed by atoms with Crippen molar-refractivity contribution in [1.29, 1.82) is 0 Å². The summed E-state index contributed by atoms with van der Waals surface area (Å²) in [6, 6.07) is 0. The predicted octanol–water partition coefficient (Wildman–Crippen LogP) is 2.68. The zero-order chi connectivity index (χ0) is 17.6. The summed E-state index contributed by atoms with van der Waals surface area (Å²) in [5.41, 5.74) is 1.36. The van der Waals surface area contributed by atoms with Gasteiger partial charge in [0.2, 0.25) is 0 Å². The number of allylic oxidation sites excluding steroid dienone is 10. The van der Waals surface area contributed by atoms with Crippen molar-refractivity contribution >= 4 is 11.6 Å². The van der Waals surface area contributed by atoms with Gasteiger partial charge in [0, 0.05) is 53.7 Å². The minimum absolute atomic E-state index is 0. The zero-order valence-electron chi connectivity index (χ0n) is 13.9. The van der Waals surface area contributed by atoms with Crippen molar-refractivity contribution in [2.24, 2.45) is 0 Å². The molecule has 2 aliphatic carbocycles. The van der Waals surface area contributed by atoms with Crippen LogP contribution in [0.15, 0.2) is 97.5 Å². The molecule has 2 rings (SSSR count). The van der Waals surface area contributed by atoms with Crippen molar-refractivity contribution in [1.82, 2.24) is 10.6 Å². The molecule has 0 aromatic heterocycles. The minimum Gasteiger partial charge on any atom is -0.387 e. The maximum absolute atomic E-state index is 11.1. The SMILES string of the molecule is C=CCNC=C1C=CC=CC1=O.C=CCNC=C1C=CC=CC1=O.[Cu]. The van der Waals surface area contributed by atoms with Gasteiger partial charge >= 0.3 is 0 Å². The number of rotatable bonds is 6. The van der Waals surface area contributed by atoms with Gasteiger partial charge in [-0.2, -0.15) is 0 Å². The largest absolute Gasteiger partial charge is 0.387 e. The van der Waals surface area contributed by atoms with Gasteiger partial charge in [-0.1, -0.05) is 36.5 Å². The molecule has 0 spiro atoms. The van der Waals surface area contributed by atoms with Gasteiger partial charge in [0.15, 0.2) is 11.6 Å². The second-order valence-electron chi connectivity index (χ2n) is 4.76. The summed E-state index contributed by atoms with van der Waals surface area (Å²) in [7, 11) is 0. The van der Waals surface area contributed by atoms with Crippen LogP contribution < -0.4 is 10.6 Å². The molecule has 5 heteroatoms. The third-order valence-electron chi connectivity index (χ3n) is 2.88. The van der Waals surface area contributed by atoms with Crippen LogP contribution in [0, 0.1) is 0 Å². The molecule has 0 aromatic rings. The van der Waals surface area contributed by atoms with E-state index in [1.54, 1.807) is 61.0 Å². The topological polar surface area (TPSA) is 58.2 Å². The first-order valence-corrected chi connectivity index (χ1v) is 7.56. The van der Waals surface area contributed by atoms with Crippen molar-refractivity contribution in [3.05, 3.63) is 97.5 Å². The van der Waals surface area contributed by atoms with Crippen LogP contribution in [0.4, 0.5) is 0 Å². The summed E-state index contributed by atoms with van der Waals surface area (Å²) in [6.45, 7) is 8.46. The van der Waals surface area contributed by atoms with E-state index < -0.39 is 0 Å².